The number of hydrogen-bond acceptors (Lipinski definition) is 5. The Labute approximate surface area is 162 Å². The molecule has 0 heterocycles. The Balaban J connectivity index is 1.50. The summed E-state index contributed by atoms with van der Waals surface area (Å²) in [7, 11) is 0. The molecule has 6 nitrogen and oxygen atoms in total. The van der Waals surface area contributed by atoms with Gasteiger partial charge in [-0.25, -0.2) is 4.79 Å². The van der Waals surface area contributed by atoms with Crippen molar-refractivity contribution in [2.24, 2.45) is 0 Å². The second kappa shape index (κ2) is 9.23. The molecule has 3 aromatic rings. The smallest absolute Gasteiger partial charge is 0.349 e. The third-order valence-corrected chi connectivity index (χ3v) is 3.55. The second-order valence-electron chi connectivity index (χ2n) is 5.86. The van der Waals surface area contributed by atoms with E-state index in [9.17, 15) is 9.59 Å². The number of carbonyl (C=O) groups is 2. The number of amides is 1. The zero-order valence-electron chi connectivity index (χ0n) is 15.3. The van der Waals surface area contributed by atoms with E-state index in [-0.39, 0.29) is 12.5 Å². The van der Waals surface area contributed by atoms with Crippen molar-refractivity contribution in [3.63, 3.8) is 0 Å². The first-order valence-corrected chi connectivity index (χ1v) is 8.62. The number of anilines is 1. The van der Waals surface area contributed by atoms with Crippen LogP contribution in [0.5, 0.6) is 23.0 Å². The molecule has 0 aliphatic rings. The fourth-order valence-electron chi connectivity index (χ4n) is 2.37. The molecule has 0 aliphatic carbocycles. The molecular weight excluding hydrogens is 358 g/mol. The van der Waals surface area contributed by atoms with Crippen molar-refractivity contribution in [3.05, 3.63) is 78.9 Å². The predicted octanol–water partition coefficient (Wildman–Crippen LogP) is 4.42. The van der Waals surface area contributed by atoms with Crippen LogP contribution >= 0.6 is 0 Å². The topological polar surface area (TPSA) is 73.9 Å². The number of rotatable bonds is 7. The maximum absolute atomic E-state index is 12.0. The molecule has 3 aromatic carbocycles. The van der Waals surface area contributed by atoms with Crippen LogP contribution in [0, 0.1) is 0 Å². The molecule has 142 valence electrons. The number of carbonyl (C=O) groups excluding carboxylic acids is 2. The second-order valence-corrected chi connectivity index (χ2v) is 5.86. The highest BCUT2D eigenvalue weighted by Gasteiger charge is 2.07. The SMILES string of the molecule is CC(=O)Nc1cccc(OCC(=O)Oc2ccc(Oc3ccccc3)cc2)c1. The Kier molecular flexibility index (Phi) is 6.25. The van der Waals surface area contributed by atoms with Gasteiger partial charge in [-0.1, -0.05) is 24.3 Å². The Morgan fingerprint density at radius 3 is 2.14 bits per heavy atom. The van der Waals surface area contributed by atoms with Crippen molar-refractivity contribution in [1.29, 1.82) is 0 Å². The first-order chi connectivity index (χ1) is 13.6. The van der Waals surface area contributed by atoms with Crippen molar-refractivity contribution in [2.45, 2.75) is 6.92 Å². The maximum atomic E-state index is 12.0. The molecule has 0 saturated carbocycles. The summed E-state index contributed by atoms with van der Waals surface area (Å²) in [5.74, 6) is 1.48. The summed E-state index contributed by atoms with van der Waals surface area (Å²) in [6.07, 6.45) is 0. The fraction of sp³-hybridized carbons (Fsp3) is 0.0909. The molecule has 3 rings (SSSR count). The van der Waals surface area contributed by atoms with Crippen LogP contribution in [0.4, 0.5) is 5.69 Å². The average molecular weight is 377 g/mol. The minimum Gasteiger partial charge on any atom is -0.482 e. The molecule has 0 aliphatic heterocycles. The molecule has 0 atom stereocenters. The van der Waals surface area contributed by atoms with Gasteiger partial charge in [0.25, 0.3) is 0 Å². The maximum Gasteiger partial charge on any atom is 0.349 e. The van der Waals surface area contributed by atoms with Gasteiger partial charge in [-0.05, 0) is 48.5 Å². The van der Waals surface area contributed by atoms with Crippen LogP contribution in [0.15, 0.2) is 78.9 Å². The van der Waals surface area contributed by atoms with E-state index in [4.69, 9.17) is 14.2 Å². The van der Waals surface area contributed by atoms with Crippen LogP contribution in [-0.2, 0) is 9.59 Å². The summed E-state index contributed by atoms with van der Waals surface area (Å²) in [4.78, 5) is 23.1. The van der Waals surface area contributed by atoms with E-state index >= 15 is 0 Å². The van der Waals surface area contributed by atoms with Gasteiger partial charge < -0.3 is 19.5 Å². The monoisotopic (exact) mass is 377 g/mol. The highest BCUT2D eigenvalue weighted by Crippen LogP contribution is 2.23. The molecule has 28 heavy (non-hydrogen) atoms. The van der Waals surface area contributed by atoms with Gasteiger partial charge in [-0.3, -0.25) is 4.79 Å². The van der Waals surface area contributed by atoms with E-state index in [0.717, 1.165) is 5.75 Å². The zero-order chi connectivity index (χ0) is 19.8. The van der Waals surface area contributed by atoms with Crippen LogP contribution in [0.1, 0.15) is 6.92 Å². The largest absolute Gasteiger partial charge is 0.482 e. The van der Waals surface area contributed by atoms with Gasteiger partial charge in [0.15, 0.2) is 6.61 Å². The Morgan fingerprint density at radius 1 is 0.786 bits per heavy atom. The van der Waals surface area contributed by atoms with Gasteiger partial charge in [0.05, 0.1) is 0 Å². The van der Waals surface area contributed by atoms with Gasteiger partial charge in [0.2, 0.25) is 5.91 Å². The third-order valence-electron chi connectivity index (χ3n) is 3.55. The molecule has 1 amide bonds. The number of hydrogen-bond donors (Lipinski definition) is 1. The van der Waals surface area contributed by atoms with Gasteiger partial charge in [0, 0.05) is 18.7 Å². The number of para-hydroxylation sites is 1. The van der Waals surface area contributed by atoms with Crippen molar-refractivity contribution < 1.29 is 23.8 Å². The van der Waals surface area contributed by atoms with Gasteiger partial charge in [-0.15, -0.1) is 0 Å². The molecule has 0 bridgehead atoms. The lowest BCUT2D eigenvalue weighted by atomic mass is 10.3. The number of nitrogens with one attached hydrogen (secondary N) is 1. The summed E-state index contributed by atoms with van der Waals surface area (Å²) >= 11 is 0. The summed E-state index contributed by atoms with van der Waals surface area (Å²) < 4.78 is 16.3. The van der Waals surface area contributed by atoms with Crippen LogP contribution in [0.25, 0.3) is 0 Å². The van der Waals surface area contributed by atoms with Gasteiger partial charge in [0.1, 0.15) is 23.0 Å². The Bertz CT molecular complexity index is 939. The molecule has 1 N–H and O–H groups in total. The first-order valence-electron chi connectivity index (χ1n) is 8.62. The van der Waals surface area contributed by atoms with Crippen molar-refractivity contribution >= 4 is 17.6 Å². The summed E-state index contributed by atoms with van der Waals surface area (Å²) in [6, 6.07) is 22.9. The zero-order valence-corrected chi connectivity index (χ0v) is 15.3. The quantitative estimate of drug-likeness (QED) is 0.487. The van der Waals surface area contributed by atoms with Crippen molar-refractivity contribution in [3.8, 4) is 23.0 Å². The predicted molar refractivity (Wildman–Crippen MR) is 105 cm³/mol. The lowest BCUT2D eigenvalue weighted by molar-refractivity contribution is -0.136. The average Bonchev–Trinajstić information content (AvgIpc) is 2.69. The third kappa shape index (κ3) is 5.88. The van der Waals surface area contributed by atoms with E-state index in [0.29, 0.717) is 22.9 Å². The Morgan fingerprint density at radius 2 is 1.43 bits per heavy atom. The highest BCUT2D eigenvalue weighted by molar-refractivity contribution is 5.88. The van der Waals surface area contributed by atoms with Gasteiger partial charge >= 0.3 is 5.97 Å². The lowest BCUT2D eigenvalue weighted by Crippen LogP contribution is -2.17. The lowest BCUT2D eigenvalue weighted by Gasteiger charge is -2.09. The van der Waals surface area contributed by atoms with E-state index in [1.165, 1.54) is 6.92 Å². The van der Waals surface area contributed by atoms with Crippen molar-refractivity contribution in [2.75, 3.05) is 11.9 Å². The minimum absolute atomic E-state index is 0.184. The Hall–Kier alpha value is -3.80. The van der Waals surface area contributed by atoms with Crippen molar-refractivity contribution in [1.82, 2.24) is 0 Å². The normalized spacial score (nSPS) is 10.0. The first kappa shape index (κ1) is 19.0. The number of benzene rings is 3. The molecular formula is C22H19NO5. The number of esters is 1. The van der Waals surface area contributed by atoms with E-state index in [2.05, 4.69) is 5.32 Å². The molecule has 0 aromatic heterocycles. The molecule has 6 heteroatoms. The molecule has 0 unspecified atom stereocenters. The summed E-state index contributed by atoms with van der Waals surface area (Å²) in [6.45, 7) is 1.16. The summed E-state index contributed by atoms with van der Waals surface area (Å²) in [5.41, 5.74) is 0.590. The highest BCUT2D eigenvalue weighted by atomic mass is 16.6. The fourth-order valence-corrected chi connectivity index (χ4v) is 2.37. The van der Waals surface area contributed by atoms with E-state index in [1.807, 2.05) is 30.3 Å². The molecule has 0 saturated heterocycles. The van der Waals surface area contributed by atoms with Crippen LogP contribution < -0.4 is 19.5 Å². The van der Waals surface area contributed by atoms with Crippen LogP contribution in [0.3, 0.4) is 0 Å². The standard InChI is InChI=1S/C22H19NO5/c1-16(24)23-17-6-5-9-21(14-17)26-15-22(25)28-20-12-10-19(11-13-20)27-18-7-3-2-4-8-18/h2-14H,15H2,1H3,(H,23,24). The van der Waals surface area contributed by atoms with E-state index in [1.54, 1.807) is 48.5 Å². The number of ether oxygens (including phenoxy) is 3. The molecule has 0 spiro atoms. The minimum atomic E-state index is -0.540. The summed E-state index contributed by atoms with van der Waals surface area (Å²) in [5, 5.41) is 2.65. The van der Waals surface area contributed by atoms with Crippen LogP contribution in [-0.4, -0.2) is 18.5 Å². The molecule has 0 radical (unpaired) electrons. The van der Waals surface area contributed by atoms with Crippen LogP contribution in [0.2, 0.25) is 0 Å². The molecule has 0 fully saturated rings. The van der Waals surface area contributed by atoms with Gasteiger partial charge in [-0.2, -0.15) is 0 Å². The van der Waals surface area contributed by atoms with E-state index < -0.39 is 5.97 Å².